The third kappa shape index (κ3) is 28.6. The minimum Gasteiger partial charge on any atom is -0.481 e. The van der Waals surface area contributed by atoms with Gasteiger partial charge in [-0.3, -0.25) is 19.2 Å². The third-order valence-electron chi connectivity index (χ3n) is 3.12. The van der Waals surface area contributed by atoms with Gasteiger partial charge in [0.05, 0.1) is 0 Å². The summed E-state index contributed by atoms with van der Waals surface area (Å²) < 4.78 is 0. The lowest BCUT2D eigenvalue weighted by atomic mass is 10.1. The van der Waals surface area contributed by atoms with Crippen molar-refractivity contribution in [2.45, 2.75) is 78.3 Å². The maximum atomic E-state index is 10.1. The van der Waals surface area contributed by atoms with Crippen LogP contribution in [0.2, 0.25) is 0 Å². The van der Waals surface area contributed by atoms with Gasteiger partial charge in [-0.25, -0.2) is 0 Å². The molecule has 0 aliphatic carbocycles. The first-order valence-electron chi connectivity index (χ1n) is 9.10. The molecule has 166 valence electrons. The van der Waals surface area contributed by atoms with E-state index in [0.29, 0.717) is 37.5 Å². The Balaban J connectivity index is -0.000000336. The Bertz CT molecular complexity index is 425. The van der Waals surface area contributed by atoms with Crippen molar-refractivity contribution in [3.8, 4) is 0 Å². The minimum absolute atomic E-state index is 0.0628. The first kappa shape index (κ1) is 30.5. The lowest BCUT2D eigenvalue weighted by molar-refractivity contribution is -0.139. The van der Waals surface area contributed by atoms with Crippen molar-refractivity contribution in [1.29, 1.82) is 0 Å². The molecule has 8 N–H and O–H groups in total. The quantitative estimate of drug-likeness (QED) is 0.273. The molecule has 10 heteroatoms. The molecule has 0 aliphatic heterocycles. The Morgan fingerprint density at radius 2 is 0.893 bits per heavy atom. The molecule has 10 nitrogen and oxygen atoms in total. The minimum atomic E-state index is -0.913. The van der Waals surface area contributed by atoms with E-state index in [2.05, 4.69) is 0 Å². The molecular weight excluding hydrogens is 372 g/mol. The smallest absolute Gasteiger partial charge is 0.320 e. The first-order valence-corrected chi connectivity index (χ1v) is 9.10. The summed E-state index contributed by atoms with van der Waals surface area (Å²) in [5.41, 5.74) is 10.4. The van der Waals surface area contributed by atoms with Gasteiger partial charge in [0.2, 0.25) is 0 Å². The summed E-state index contributed by atoms with van der Waals surface area (Å²) in [6.45, 7) is 7.79. The lowest BCUT2D eigenvalue weighted by Crippen LogP contribution is -2.31. The maximum absolute atomic E-state index is 10.1. The van der Waals surface area contributed by atoms with Crippen LogP contribution >= 0.6 is 0 Å². The van der Waals surface area contributed by atoms with E-state index in [1.807, 2.05) is 27.7 Å². The SMILES string of the molecule is CC(C)C[C@H](N)C(=O)O.CC(C)C[C@H](N)C(=O)O.O=C(O)CCCCC(=O)O. The van der Waals surface area contributed by atoms with Crippen LogP contribution in [0.4, 0.5) is 0 Å². The molecule has 0 aromatic heterocycles. The van der Waals surface area contributed by atoms with E-state index >= 15 is 0 Å². The van der Waals surface area contributed by atoms with E-state index in [4.69, 9.17) is 31.9 Å². The summed E-state index contributed by atoms with van der Waals surface area (Å²) in [4.78, 5) is 40.0. The maximum Gasteiger partial charge on any atom is 0.320 e. The lowest BCUT2D eigenvalue weighted by Gasteiger charge is -2.07. The summed E-state index contributed by atoms with van der Waals surface area (Å²) >= 11 is 0. The highest BCUT2D eigenvalue weighted by molar-refractivity contribution is 5.73. The molecule has 0 heterocycles. The highest BCUT2D eigenvalue weighted by Gasteiger charge is 2.12. The van der Waals surface area contributed by atoms with Gasteiger partial charge >= 0.3 is 23.9 Å². The second-order valence-electron chi connectivity index (χ2n) is 7.14. The monoisotopic (exact) mass is 408 g/mol. The predicted octanol–water partition coefficient (Wildman–Crippen LogP) is 1.60. The fourth-order valence-corrected chi connectivity index (χ4v) is 1.77. The van der Waals surface area contributed by atoms with E-state index in [0.717, 1.165) is 0 Å². The summed E-state index contributed by atoms with van der Waals surface area (Å²) in [7, 11) is 0. The van der Waals surface area contributed by atoms with E-state index in [9.17, 15) is 19.2 Å². The largest absolute Gasteiger partial charge is 0.481 e. The number of unbranched alkanes of at least 4 members (excludes halogenated alkanes) is 1. The van der Waals surface area contributed by atoms with Crippen molar-refractivity contribution in [3.63, 3.8) is 0 Å². The van der Waals surface area contributed by atoms with E-state index < -0.39 is 36.0 Å². The van der Waals surface area contributed by atoms with Crippen molar-refractivity contribution < 1.29 is 39.6 Å². The molecule has 0 saturated heterocycles. The summed E-state index contributed by atoms with van der Waals surface area (Å²) in [6, 6.07) is -1.38. The Kier molecular flexibility index (Phi) is 19.8. The van der Waals surface area contributed by atoms with Crippen LogP contribution in [-0.4, -0.2) is 56.4 Å². The third-order valence-corrected chi connectivity index (χ3v) is 3.12. The van der Waals surface area contributed by atoms with Gasteiger partial charge in [-0.05, 0) is 37.5 Å². The molecule has 0 radical (unpaired) electrons. The molecular formula is C18H36N2O8. The van der Waals surface area contributed by atoms with Crippen molar-refractivity contribution in [2.75, 3.05) is 0 Å². The zero-order valence-electron chi connectivity index (χ0n) is 17.1. The Morgan fingerprint density at radius 1 is 0.643 bits per heavy atom. The summed E-state index contributed by atoms with van der Waals surface area (Å²) in [5, 5.41) is 32.9. The van der Waals surface area contributed by atoms with Crippen LogP contribution < -0.4 is 11.5 Å². The van der Waals surface area contributed by atoms with Crippen LogP contribution in [0, 0.1) is 11.8 Å². The highest BCUT2D eigenvalue weighted by Crippen LogP contribution is 2.02. The van der Waals surface area contributed by atoms with Crippen LogP contribution in [0.25, 0.3) is 0 Å². The fourth-order valence-electron chi connectivity index (χ4n) is 1.77. The van der Waals surface area contributed by atoms with Gasteiger partial charge in [-0.1, -0.05) is 27.7 Å². The van der Waals surface area contributed by atoms with Crippen LogP contribution in [0.1, 0.15) is 66.2 Å². The van der Waals surface area contributed by atoms with Crippen molar-refractivity contribution in [2.24, 2.45) is 23.3 Å². The van der Waals surface area contributed by atoms with Crippen LogP contribution in [-0.2, 0) is 19.2 Å². The second-order valence-corrected chi connectivity index (χ2v) is 7.14. The molecule has 0 spiro atoms. The Labute approximate surface area is 165 Å². The zero-order valence-corrected chi connectivity index (χ0v) is 17.1. The number of aliphatic carboxylic acids is 4. The van der Waals surface area contributed by atoms with Gasteiger partial charge in [0.1, 0.15) is 12.1 Å². The van der Waals surface area contributed by atoms with Gasteiger partial charge in [0.15, 0.2) is 0 Å². The number of carboxylic acid groups (broad SMARTS) is 4. The van der Waals surface area contributed by atoms with Gasteiger partial charge in [0, 0.05) is 12.8 Å². The van der Waals surface area contributed by atoms with Gasteiger partial charge < -0.3 is 31.9 Å². The molecule has 0 bridgehead atoms. The molecule has 0 aliphatic rings. The second kappa shape index (κ2) is 18.2. The van der Waals surface area contributed by atoms with Crippen molar-refractivity contribution >= 4 is 23.9 Å². The average Bonchev–Trinajstić information content (AvgIpc) is 2.51. The zero-order chi connectivity index (χ0) is 22.9. The Morgan fingerprint density at radius 3 is 1.00 bits per heavy atom. The number of hydrogen-bond acceptors (Lipinski definition) is 6. The van der Waals surface area contributed by atoms with E-state index in [1.54, 1.807) is 0 Å². The molecule has 0 aromatic carbocycles. The number of carboxylic acids is 4. The van der Waals surface area contributed by atoms with Gasteiger partial charge in [0.25, 0.3) is 0 Å². The molecule has 2 atom stereocenters. The molecule has 0 aromatic rings. The number of carbonyl (C=O) groups is 4. The first-order chi connectivity index (χ1) is 12.7. The van der Waals surface area contributed by atoms with Crippen molar-refractivity contribution in [3.05, 3.63) is 0 Å². The fraction of sp³-hybridized carbons (Fsp3) is 0.778. The van der Waals surface area contributed by atoms with E-state index in [-0.39, 0.29) is 12.8 Å². The van der Waals surface area contributed by atoms with Gasteiger partial charge in [-0.15, -0.1) is 0 Å². The molecule has 0 saturated carbocycles. The molecule has 0 fully saturated rings. The number of hydrogen-bond donors (Lipinski definition) is 6. The topological polar surface area (TPSA) is 201 Å². The van der Waals surface area contributed by atoms with Crippen molar-refractivity contribution in [1.82, 2.24) is 0 Å². The number of rotatable bonds is 11. The number of nitrogens with two attached hydrogens (primary N) is 2. The normalized spacial score (nSPS) is 12.1. The van der Waals surface area contributed by atoms with Crippen LogP contribution in [0.5, 0.6) is 0 Å². The van der Waals surface area contributed by atoms with E-state index in [1.165, 1.54) is 0 Å². The predicted molar refractivity (Wildman–Crippen MR) is 104 cm³/mol. The highest BCUT2D eigenvalue weighted by atomic mass is 16.4. The van der Waals surface area contributed by atoms with Gasteiger partial charge in [-0.2, -0.15) is 0 Å². The van der Waals surface area contributed by atoms with Crippen LogP contribution in [0.15, 0.2) is 0 Å². The Hall–Kier alpha value is -2.20. The molecule has 28 heavy (non-hydrogen) atoms. The standard InChI is InChI=1S/2C6H13NO2.C6H10O4/c2*1-4(2)3-5(7)6(8)9;7-5(8)3-1-2-4-6(9)10/h2*4-5H,3,7H2,1-2H3,(H,8,9);1-4H2,(H,7,8)(H,9,10)/t2*5-;/m00./s1. The average molecular weight is 408 g/mol. The molecule has 0 amide bonds. The summed E-state index contributed by atoms with van der Waals surface area (Å²) in [5.74, 6) is -2.85. The van der Waals surface area contributed by atoms with Crippen LogP contribution in [0.3, 0.4) is 0 Å². The summed E-state index contributed by atoms with van der Waals surface area (Å²) in [6.07, 6.45) is 2.12. The molecule has 0 unspecified atom stereocenters. The molecule has 0 rings (SSSR count).